The topological polar surface area (TPSA) is 85.4 Å². The number of benzene rings is 2. The van der Waals surface area contributed by atoms with Crippen LogP contribution in [0.1, 0.15) is 5.56 Å². The Morgan fingerprint density at radius 3 is 2.52 bits per heavy atom. The van der Waals surface area contributed by atoms with Gasteiger partial charge in [-0.15, -0.1) is 0 Å². The average Bonchev–Trinajstić information content (AvgIpc) is 2.49. The molecule has 21 heavy (non-hydrogen) atoms. The summed E-state index contributed by atoms with van der Waals surface area (Å²) >= 11 is 0. The molecule has 2 aromatic rings. The van der Waals surface area contributed by atoms with Gasteiger partial charge in [0.1, 0.15) is 23.4 Å². The average molecular weight is 288 g/mol. The Hall–Kier alpha value is -3.14. The fourth-order valence-electron chi connectivity index (χ4n) is 1.67. The number of hydrogen-bond acceptors (Lipinski definition) is 5. The number of halogens is 1. The van der Waals surface area contributed by atoms with Gasteiger partial charge >= 0.3 is 5.69 Å². The first-order valence-electron chi connectivity index (χ1n) is 5.75. The maximum Gasteiger partial charge on any atom is 0.314 e. The highest BCUT2D eigenvalue weighted by atomic mass is 19.1. The van der Waals surface area contributed by atoms with Crippen molar-refractivity contribution in [1.82, 2.24) is 0 Å². The van der Waals surface area contributed by atoms with Crippen molar-refractivity contribution in [2.45, 2.75) is 0 Å². The van der Waals surface area contributed by atoms with Gasteiger partial charge in [-0.05, 0) is 24.3 Å². The quantitative estimate of drug-likeness (QED) is 0.635. The number of nitro groups is 1. The number of nitriles is 1. The summed E-state index contributed by atoms with van der Waals surface area (Å²) in [5.41, 5.74) is -0.423. The number of hydrogen-bond donors (Lipinski definition) is 0. The Balaban J connectivity index is 2.34. The Bertz CT molecular complexity index is 740. The van der Waals surface area contributed by atoms with Crippen molar-refractivity contribution < 1.29 is 18.8 Å². The Labute approximate surface area is 119 Å². The van der Waals surface area contributed by atoms with Crippen LogP contribution in [0.2, 0.25) is 0 Å². The first-order chi connectivity index (χ1) is 10.0. The molecule has 0 saturated heterocycles. The third kappa shape index (κ3) is 3.06. The summed E-state index contributed by atoms with van der Waals surface area (Å²) in [6.07, 6.45) is 0. The molecule has 6 nitrogen and oxygen atoms in total. The molecule has 0 spiro atoms. The zero-order valence-corrected chi connectivity index (χ0v) is 10.9. The number of rotatable bonds is 4. The Morgan fingerprint density at radius 1 is 1.24 bits per heavy atom. The van der Waals surface area contributed by atoms with Crippen LogP contribution in [-0.4, -0.2) is 12.0 Å². The summed E-state index contributed by atoms with van der Waals surface area (Å²) in [6.45, 7) is 0. The predicted molar refractivity (Wildman–Crippen MR) is 70.8 cm³/mol. The van der Waals surface area contributed by atoms with Crippen molar-refractivity contribution in [3.8, 4) is 23.3 Å². The highest BCUT2D eigenvalue weighted by molar-refractivity contribution is 5.52. The molecule has 0 aromatic heterocycles. The van der Waals surface area contributed by atoms with Gasteiger partial charge in [-0.2, -0.15) is 5.26 Å². The van der Waals surface area contributed by atoms with Crippen LogP contribution < -0.4 is 9.47 Å². The van der Waals surface area contributed by atoms with Crippen LogP contribution in [0.15, 0.2) is 36.4 Å². The number of methoxy groups -OCH3 is 1. The fourth-order valence-corrected chi connectivity index (χ4v) is 1.67. The van der Waals surface area contributed by atoms with Crippen LogP contribution in [-0.2, 0) is 0 Å². The molecule has 0 radical (unpaired) electrons. The lowest BCUT2D eigenvalue weighted by Crippen LogP contribution is -1.95. The van der Waals surface area contributed by atoms with Gasteiger partial charge in [0.15, 0.2) is 5.75 Å². The van der Waals surface area contributed by atoms with Gasteiger partial charge in [0.2, 0.25) is 0 Å². The molecule has 0 aliphatic heterocycles. The largest absolute Gasteiger partial charge is 0.490 e. The maximum absolute atomic E-state index is 13.2. The van der Waals surface area contributed by atoms with Crippen molar-refractivity contribution in [3.05, 3.63) is 57.9 Å². The monoisotopic (exact) mass is 288 g/mol. The number of ether oxygens (including phenoxy) is 2. The lowest BCUT2D eigenvalue weighted by atomic mass is 10.2. The second-order valence-electron chi connectivity index (χ2n) is 3.95. The van der Waals surface area contributed by atoms with E-state index in [4.69, 9.17) is 14.7 Å². The summed E-state index contributed by atoms with van der Waals surface area (Å²) in [7, 11) is 1.32. The third-order valence-corrected chi connectivity index (χ3v) is 2.64. The van der Waals surface area contributed by atoms with Crippen LogP contribution >= 0.6 is 0 Å². The first-order valence-corrected chi connectivity index (χ1v) is 5.75. The van der Waals surface area contributed by atoms with Gasteiger partial charge in [-0.1, -0.05) is 0 Å². The smallest absolute Gasteiger partial charge is 0.314 e. The molecule has 2 rings (SSSR count). The van der Waals surface area contributed by atoms with Gasteiger partial charge in [0, 0.05) is 6.07 Å². The third-order valence-electron chi connectivity index (χ3n) is 2.64. The molecule has 0 aliphatic carbocycles. The molecule has 0 heterocycles. The minimum atomic E-state index is -0.662. The number of nitro benzene ring substituents is 1. The lowest BCUT2D eigenvalue weighted by Gasteiger charge is -2.07. The molecule has 0 unspecified atom stereocenters. The van der Waals surface area contributed by atoms with E-state index < -0.39 is 10.7 Å². The summed E-state index contributed by atoms with van der Waals surface area (Å²) in [4.78, 5) is 10.3. The van der Waals surface area contributed by atoms with Crippen molar-refractivity contribution in [1.29, 1.82) is 5.26 Å². The molecule has 106 valence electrons. The molecule has 0 atom stereocenters. The van der Waals surface area contributed by atoms with Gasteiger partial charge in [0.05, 0.1) is 23.7 Å². The van der Waals surface area contributed by atoms with E-state index in [1.54, 1.807) is 6.07 Å². The van der Waals surface area contributed by atoms with E-state index in [0.717, 1.165) is 6.07 Å². The van der Waals surface area contributed by atoms with Crippen molar-refractivity contribution >= 4 is 5.69 Å². The Morgan fingerprint density at radius 2 is 1.90 bits per heavy atom. The summed E-state index contributed by atoms with van der Waals surface area (Å²) in [5.74, 6) is -0.180. The van der Waals surface area contributed by atoms with Crippen molar-refractivity contribution in [3.63, 3.8) is 0 Å². The molecule has 0 saturated carbocycles. The molecule has 2 aromatic carbocycles. The van der Waals surface area contributed by atoms with E-state index >= 15 is 0 Å². The van der Waals surface area contributed by atoms with Crippen LogP contribution in [0.25, 0.3) is 0 Å². The van der Waals surface area contributed by atoms with E-state index in [2.05, 4.69) is 0 Å². The van der Waals surface area contributed by atoms with Gasteiger partial charge in [-0.25, -0.2) is 4.39 Å². The molecule has 0 fully saturated rings. The van der Waals surface area contributed by atoms with Crippen molar-refractivity contribution in [2.75, 3.05) is 7.11 Å². The molecule has 0 aliphatic rings. The van der Waals surface area contributed by atoms with Gasteiger partial charge in [-0.3, -0.25) is 10.1 Å². The molecular weight excluding hydrogens is 279 g/mol. The zero-order chi connectivity index (χ0) is 15.4. The van der Waals surface area contributed by atoms with E-state index in [0.29, 0.717) is 0 Å². The van der Waals surface area contributed by atoms with E-state index in [1.165, 1.54) is 37.4 Å². The first kappa shape index (κ1) is 14.3. The van der Waals surface area contributed by atoms with E-state index in [1.807, 2.05) is 0 Å². The highest BCUT2D eigenvalue weighted by Gasteiger charge is 2.16. The molecular formula is C14H9FN2O4. The molecule has 7 heteroatoms. The van der Waals surface area contributed by atoms with Gasteiger partial charge in [0.25, 0.3) is 0 Å². The standard InChI is InChI=1S/C14H9FN2O4/c1-20-14-5-3-11(7-13(14)17(18)19)21-10-2-4-12(15)9(6-10)8-16/h2-7H,1H3. The second-order valence-corrected chi connectivity index (χ2v) is 3.95. The molecule has 0 bridgehead atoms. The minimum absolute atomic E-state index is 0.101. The minimum Gasteiger partial charge on any atom is -0.490 e. The van der Waals surface area contributed by atoms with Crippen LogP contribution in [0.3, 0.4) is 0 Å². The van der Waals surface area contributed by atoms with Gasteiger partial charge < -0.3 is 9.47 Å². The van der Waals surface area contributed by atoms with Crippen LogP contribution in [0.4, 0.5) is 10.1 Å². The fraction of sp³-hybridized carbons (Fsp3) is 0.0714. The van der Waals surface area contributed by atoms with E-state index in [9.17, 15) is 14.5 Å². The summed E-state index contributed by atoms with van der Waals surface area (Å²) < 4.78 is 23.5. The van der Waals surface area contributed by atoms with Crippen LogP contribution in [0, 0.1) is 27.3 Å². The highest BCUT2D eigenvalue weighted by Crippen LogP contribution is 2.33. The van der Waals surface area contributed by atoms with E-state index in [-0.39, 0.29) is 28.5 Å². The summed E-state index contributed by atoms with van der Waals surface area (Å²) in [5, 5.41) is 19.7. The lowest BCUT2D eigenvalue weighted by molar-refractivity contribution is -0.385. The predicted octanol–water partition coefficient (Wildman–Crippen LogP) is 3.41. The zero-order valence-electron chi connectivity index (χ0n) is 10.9. The second kappa shape index (κ2) is 5.88. The Kier molecular flexibility index (Phi) is 4.00. The van der Waals surface area contributed by atoms with Crippen molar-refractivity contribution in [2.24, 2.45) is 0 Å². The molecule has 0 amide bonds. The van der Waals surface area contributed by atoms with Crippen LogP contribution in [0.5, 0.6) is 17.2 Å². The summed E-state index contributed by atoms with van der Waals surface area (Å²) in [6, 6.07) is 9.37. The molecule has 0 N–H and O–H groups in total. The number of nitrogens with zero attached hydrogens (tertiary/aromatic N) is 2. The normalized spacial score (nSPS) is 9.76. The SMILES string of the molecule is COc1ccc(Oc2ccc(F)c(C#N)c2)cc1[N+](=O)[O-]. The maximum atomic E-state index is 13.2.